The molecule has 0 aliphatic heterocycles. The highest BCUT2D eigenvalue weighted by atomic mass is 32.2. The molecule has 0 aromatic heterocycles. The van der Waals surface area contributed by atoms with Gasteiger partial charge in [0.15, 0.2) is 0 Å². The predicted octanol–water partition coefficient (Wildman–Crippen LogP) is 5.66. The molecule has 1 amide bonds. The molecular weight excluding hydrogens is 468 g/mol. The van der Waals surface area contributed by atoms with Crippen molar-refractivity contribution in [2.75, 3.05) is 10.8 Å². The average molecular weight is 499 g/mol. The fourth-order valence-corrected chi connectivity index (χ4v) is 5.79. The highest BCUT2D eigenvalue weighted by Gasteiger charge is 2.29. The van der Waals surface area contributed by atoms with E-state index >= 15 is 0 Å². The molecule has 0 heterocycles. The zero-order valence-corrected chi connectivity index (χ0v) is 21.3. The topological polar surface area (TPSA) is 66.5 Å². The van der Waals surface area contributed by atoms with Crippen molar-refractivity contribution in [3.05, 3.63) is 131 Å². The third kappa shape index (κ3) is 5.50. The molecule has 0 unspecified atom stereocenters. The lowest BCUT2D eigenvalue weighted by Crippen LogP contribution is -2.42. The van der Waals surface area contributed by atoms with Crippen LogP contribution in [0.2, 0.25) is 0 Å². The normalized spacial score (nSPS) is 12.1. The van der Waals surface area contributed by atoms with E-state index in [0.717, 1.165) is 22.3 Å². The zero-order chi connectivity index (χ0) is 25.5. The Morgan fingerprint density at radius 1 is 0.806 bits per heavy atom. The first-order valence-electron chi connectivity index (χ1n) is 12.0. The summed E-state index contributed by atoms with van der Waals surface area (Å²) >= 11 is 0. The van der Waals surface area contributed by atoms with Crippen molar-refractivity contribution in [3.63, 3.8) is 0 Å². The molecule has 0 spiro atoms. The first-order valence-corrected chi connectivity index (χ1v) is 13.4. The number of para-hydroxylation sites is 1. The number of nitrogens with one attached hydrogen (secondary N) is 1. The van der Waals surface area contributed by atoms with E-state index in [1.54, 1.807) is 42.5 Å². The maximum Gasteiger partial charge on any atom is 0.264 e. The number of aryl methyl sites for hydroxylation is 2. The number of amides is 1. The van der Waals surface area contributed by atoms with E-state index in [2.05, 4.69) is 5.32 Å². The molecule has 184 valence electrons. The number of carbonyl (C=O) groups excluding carboxylic acids is 1. The summed E-state index contributed by atoms with van der Waals surface area (Å²) in [5.74, 6) is -0.391. The highest BCUT2D eigenvalue weighted by molar-refractivity contribution is 7.92. The number of anilines is 1. The van der Waals surface area contributed by atoms with Gasteiger partial charge in [0.25, 0.3) is 10.0 Å². The van der Waals surface area contributed by atoms with Crippen molar-refractivity contribution in [2.24, 2.45) is 0 Å². The van der Waals surface area contributed by atoms with E-state index in [1.807, 2.05) is 80.6 Å². The van der Waals surface area contributed by atoms with Crippen LogP contribution in [0.25, 0.3) is 0 Å². The number of hydrogen-bond donors (Lipinski definition) is 1. The Labute approximate surface area is 213 Å². The van der Waals surface area contributed by atoms with Crippen molar-refractivity contribution >= 4 is 21.6 Å². The van der Waals surface area contributed by atoms with Crippen molar-refractivity contribution in [2.45, 2.75) is 31.2 Å². The molecule has 5 nitrogen and oxygen atoms in total. The summed E-state index contributed by atoms with van der Waals surface area (Å²) in [4.78, 5) is 13.7. The number of rotatable bonds is 9. The molecule has 4 aromatic carbocycles. The summed E-state index contributed by atoms with van der Waals surface area (Å²) in [6.07, 6.45) is 0.633. The molecule has 0 fully saturated rings. The van der Waals surface area contributed by atoms with Gasteiger partial charge in [-0.2, -0.15) is 0 Å². The van der Waals surface area contributed by atoms with E-state index in [1.165, 1.54) is 4.31 Å². The maximum atomic E-state index is 13.8. The molecule has 0 bridgehead atoms. The van der Waals surface area contributed by atoms with Crippen LogP contribution in [0.1, 0.15) is 35.2 Å². The molecule has 0 aliphatic rings. The molecular formula is C30H30N2O3S. The summed E-state index contributed by atoms with van der Waals surface area (Å²) in [6, 6.07) is 32.7. The second-order valence-electron chi connectivity index (χ2n) is 8.57. The highest BCUT2D eigenvalue weighted by Crippen LogP contribution is 2.29. The lowest BCUT2D eigenvalue weighted by atomic mass is 9.95. The maximum absolute atomic E-state index is 13.8. The molecule has 6 heteroatoms. The minimum Gasteiger partial charge on any atom is -0.344 e. The second-order valence-corrected chi connectivity index (χ2v) is 10.4. The molecule has 4 rings (SSSR count). The molecule has 0 aliphatic carbocycles. The molecule has 0 saturated heterocycles. The van der Waals surface area contributed by atoms with E-state index in [9.17, 15) is 13.2 Å². The van der Waals surface area contributed by atoms with Crippen molar-refractivity contribution in [1.29, 1.82) is 0 Å². The molecule has 4 aromatic rings. The summed E-state index contributed by atoms with van der Waals surface area (Å²) in [5, 5.41) is 3.11. The molecule has 36 heavy (non-hydrogen) atoms. The molecule has 1 N–H and O–H groups in total. The summed E-state index contributed by atoms with van der Waals surface area (Å²) in [6.45, 7) is 3.63. The van der Waals surface area contributed by atoms with Crippen LogP contribution in [-0.4, -0.2) is 20.9 Å². The van der Waals surface area contributed by atoms with Crippen molar-refractivity contribution < 1.29 is 13.2 Å². The average Bonchev–Trinajstić information content (AvgIpc) is 2.92. The molecule has 0 radical (unpaired) electrons. The van der Waals surface area contributed by atoms with E-state index in [-0.39, 0.29) is 11.4 Å². The van der Waals surface area contributed by atoms with Crippen LogP contribution in [0.5, 0.6) is 0 Å². The smallest absolute Gasteiger partial charge is 0.264 e. The van der Waals surface area contributed by atoms with Gasteiger partial charge in [-0.3, -0.25) is 9.10 Å². The predicted molar refractivity (Wildman–Crippen MR) is 144 cm³/mol. The Bertz CT molecular complexity index is 1420. The Hall–Kier alpha value is -3.90. The first-order chi connectivity index (χ1) is 17.4. The fraction of sp³-hybridized carbons (Fsp3) is 0.167. The van der Waals surface area contributed by atoms with Gasteiger partial charge in [0.1, 0.15) is 6.54 Å². The third-order valence-electron chi connectivity index (χ3n) is 6.20. The van der Waals surface area contributed by atoms with Crippen LogP contribution < -0.4 is 9.62 Å². The Balaban J connectivity index is 1.72. The van der Waals surface area contributed by atoms with Crippen LogP contribution >= 0.6 is 0 Å². The van der Waals surface area contributed by atoms with E-state index < -0.39 is 22.0 Å². The van der Waals surface area contributed by atoms with Gasteiger partial charge in [-0.25, -0.2) is 8.42 Å². The first kappa shape index (κ1) is 25.2. The third-order valence-corrected chi connectivity index (χ3v) is 7.97. The minimum absolute atomic E-state index is 0.141. The number of carbonyl (C=O) groups is 1. The van der Waals surface area contributed by atoms with Gasteiger partial charge < -0.3 is 5.32 Å². The van der Waals surface area contributed by atoms with E-state index in [4.69, 9.17) is 0 Å². The standard InChI is InChI=1S/C30H30N2O3S/c1-3-24-15-11-13-21-28(24)32(36(34,35)26-18-8-5-9-19-26)22-29(33)31-30(25-16-6-4-7-17-25)27-20-12-10-14-23(27)2/h4-21,30H,3,22H2,1-2H3,(H,31,33)/t30-/m0/s1. The second kappa shape index (κ2) is 11.2. The van der Waals surface area contributed by atoms with Crippen LogP contribution in [0.15, 0.2) is 114 Å². The SMILES string of the molecule is CCc1ccccc1N(CC(=O)N[C@@H](c1ccccc1)c1ccccc1C)S(=O)(=O)c1ccccc1. The van der Waals surface area contributed by atoms with Crippen LogP contribution in [0.3, 0.4) is 0 Å². The minimum atomic E-state index is -3.98. The Kier molecular flexibility index (Phi) is 7.86. The number of sulfonamides is 1. The van der Waals surface area contributed by atoms with Gasteiger partial charge in [-0.1, -0.05) is 97.9 Å². The van der Waals surface area contributed by atoms with Gasteiger partial charge in [0.05, 0.1) is 16.6 Å². The fourth-order valence-electron chi connectivity index (χ4n) is 4.31. The molecule has 1 atom stereocenters. The summed E-state index contributed by atoms with van der Waals surface area (Å²) in [5.41, 5.74) is 4.28. The lowest BCUT2D eigenvalue weighted by Gasteiger charge is -2.28. The van der Waals surface area contributed by atoms with Crippen molar-refractivity contribution in [3.8, 4) is 0 Å². The lowest BCUT2D eigenvalue weighted by molar-refractivity contribution is -0.120. The quantitative estimate of drug-likeness (QED) is 0.324. The summed E-state index contributed by atoms with van der Waals surface area (Å²) in [7, 11) is -3.98. The molecule has 0 saturated carbocycles. The van der Waals surface area contributed by atoms with E-state index in [0.29, 0.717) is 12.1 Å². The number of hydrogen-bond acceptors (Lipinski definition) is 3. The van der Waals surface area contributed by atoms with Gasteiger partial charge in [-0.05, 0) is 53.8 Å². The Morgan fingerprint density at radius 2 is 1.39 bits per heavy atom. The van der Waals surface area contributed by atoms with Crippen molar-refractivity contribution in [1.82, 2.24) is 5.32 Å². The van der Waals surface area contributed by atoms with Gasteiger partial charge in [0.2, 0.25) is 5.91 Å². The van der Waals surface area contributed by atoms with Crippen LogP contribution in [0, 0.1) is 6.92 Å². The van der Waals surface area contributed by atoms with Crippen LogP contribution in [-0.2, 0) is 21.2 Å². The van der Waals surface area contributed by atoms with Gasteiger partial charge in [-0.15, -0.1) is 0 Å². The largest absolute Gasteiger partial charge is 0.344 e. The zero-order valence-electron chi connectivity index (χ0n) is 20.5. The number of benzene rings is 4. The Morgan fingerprint density at radius 3 is 2.06 bits per heavy atom. The van der Waals surface area contributed by atoms with Gasteiger partial charge >= 0.3 is 0 Å². The summed E-state index contributed by atoms with van der Waals surface area (Å²) < 4.78 is 28.7. The van der Waals surface area contributed by atoms with Gasteiger partial charge in [0, 0.05) is 0 Å². The monoisotopic (exact) mass is 498 g/mol. The number of nitrogens with zero attached hydrogens (tertiary/aromatic N) is 1. The van der Waals surface area contributed by atoms with Crippen LogP contribution in [0.4, 0.5) is 5.69 Å².